The van der Waals surface area contributed by atoms with Gasteiger partial charge in [0.25, 0.3) is 0 Å². The number of aliphatic hydroxyl groups is 1. The molecular formula is C19H24N10O3. The highest BCUT2D eigenvalue weighted by molar-refractivity contribution is 6.02. The summed E-state index contributed by atoms with van der Waals surface area (Å²) in [5.41, 5.74) is -1.99. The molecule has 1 aliphatic carbocycles. The number of rotatable bonds is 4. The minimum absolute atomic E-state index is 0.0904. The van der Waals surface area contributed by atoms with Crippen LogP contribution in [0.2, 0.25) is 0 Å². The van der Waals surface area contributed by atoms with E-state index in [9.17, 15) is 14.7 Å². The fourth-order valence-corrected chi connectivity index (χ4v) is 5.88. The van der Waals surface area contributed by atoms with Crippen molar-refractivity contribution < 1.29 is 14.7 Å². The lowest BCUT2D eigenvalue weighted by Crippen LogP contribution is -2.81. The SMILES string of the molecule is N=C1N[C@H]2[C@H](CN3C(=O)CCC3=O)NC(=N)N3CC(Nc4ncccn4)[C@@]4(O)CC4C23N1. The number of carbonyl (C=O) groups is 2. The molecule has 5 aliphatic rings. The van der Waals surface area contributed by atoms with Crippen molar-refractivity contribution in [3.05, 3.63) is 18.5 Å². The zero-order valence-electron chi connectivity index (χ0n) is 17.1. The third-order valence-electron chi connectivity index (χ3n) is 7.42. The number of hydrogen-bond acceptors (Lipinski definition) is 8. The van der Waals surface area contributed by atoms with Crippen LogP contribution in [0.4, 0.5) is 5.95 Å². The standard InChI is InChI=1S/C19H24N10O3/c20-15-26-14-9(7-28-12(30)2-3-13(28)31)24-16(21)29-8-11(25-17-22-4-1-5-23-17)18(32)6-10(18)19(14,29)27-15/h1,4-5,9-11,14,32H,2-3,6-8H2,(H2,21,24)(H3,20,26,27)(H,22,23,25)/t9-,10?,11?,14-,18+,19?/m0/s1. The highest BCUT2D eigenvalue weighted by Gasteiger charge is 2.77. The van der Waals surface area contributed by atoms with E-state index in [-0.39, 0.29) is 55.6 Å². The molecule has 1 aromatic heterocycles. The second-order valence-electron chi connectivity index (χ2n) is 9.07. The van der Waals surface area contributed by atoms with E-state index in [0.29, 0.717) is 12.4 Å². The maximum absolute atomic E-state index is 12.2. The van der Waals surface area contributed by atoms with E-state index in [2.05, 4.69) is 31.2 Å². The van der Waals surface area contributed by atoms with E-state index in [1.54, 1.807) is 18.5 Å². The molecule has 0 bridgehead atoms. The van der Waals surface area contributed by atoms with Crippen molar-refractivity contribution in [3.63, 3.8) is 0 Å². The van der Waals surface area contributed by atoms with Crippen LogP contribution >= 0.6 is 0 Å². The first-order valence-corrected chi connectivity index (χ1v) is 10.7. The van der Waals surface area contributed by atoms with Crippen molar-refractivity contribution in [1.82, 2.24) is 35.7 Å². The molecule has 1 spiro atoms. The maximum atomic E-state index is 12.2. The number of guanidine groups is 2. The average molecular weight is 440 g/mol. The Morgan fingerprint density at radius 2 is 1.91 bits per heavy atom. The maximum Gasteiger partial charge on any atom is 0.229 e. The van der Waals surface area contributed by atoms with Gasteiger partial charge in [0.05, 0.1) is 30.3 Å². The van der Waals surface area contributed by atoms with Gasteiger partial charge in [0, 0.05) is 37.7 Å². The average Bonchev–Trinajstić information content (AvgIpc) is 3.24. The minimum atomic E-state index is -1.07. The van der Waals surface area contributed by atoms with Gasteiger partial charge in [-0.25, -0.2) is 9.97 Å². The van der Waals surface area contributed by atoms with Gasteiger partial charge < -0.3 is 31.3 Å². The number of likely N-dealkylation sites (tertiary alicyclic amines) is 1. The third kappa shape index (κ3) is 2.48. The fraction of sp³-hybridized carbons (Fsp3) is 0.579. The lowest BCUT2D eigenvalue weighted by molar-refractivity contribution is -0.139. The molecular weight excluding hydrogens is 416 g/mol. The molecule has 13 heteroatoms. The number of nitrogens with zero attached hydrogens (tertiary/aromatic N) is 4. The van der Waals surface area contributed by atoms with Crippen LogP contribution in [0.15, 0.2) is 18.5 Å². The van der Waals surface area contributed by atoms with Gasteiger partial charge in [-0.05, 0) is 12.5 Å². The first kappa shape index (κ1) is 19.2. The van der Waals surface area contributed by atoms with Gasteiger partial charge in [0.15, 0.2) is 11.9 Å². The molecule has 13 nitrogen and oxygen atoms in total. The zero-order valence-corrected chi connectivity index (χ0v) is 17.1. The van der Waals surface area contributed by atoms with Gasteiger partial charge in [-0.1, -0.05) is 0 Å². The Balaban J connectivity index is 1.32. The molecule has 0 radical (unpaired) electrons. The first-order chi connectivity index (χ1) is 15.3. The topological polar surface area (TPSA) is 182 Å². The van der Waals surface area contributed by atoms with E-state index in [1.165, 1.54) is 4.90 Å². The van der Waals surface area contributed by atoms with Crippen LogP contribution in [0.1, 0.15) is 19.3 Å². The molecule has 5 fully saturated rings. The van der Waals surface area contributed by atoms with Crippen LogP contribution in [-0.4, -0.2) is 91.1 Å². The summed E-state index contributed by atoms with van der Waals surface area (Å²) in [4.78, 5) is 35.8. The van der Waals surface area contributed by atoms with Gasteiger partial charge in [-0.3, -0.25) is 25.3 Å². The number of nitrogens with one attached hydrogen (secondary N) is 6. The normalized spacial score (nSPS) is 39.5. The highest BCUT2D eigenvalue weighted by Crippen LogP contribution is 2.59. The number of imide groups is 1. The quantitative estimate of drug-likeness (QED) is 0.249. The zero-order chi connectivity index (χ0) is 22.3. The Morgan fingerprint density at radius 3 is 2.62 bits per heavy atom. The van der Waals surface area contributed by atoms with Crippen LogP contribution in [0.3, 0.4) is 0 Å². The smallest absolute Gasteiger partial charge is 0.229 e. The van der Waals surface area contributed by atoms with Gasteiger partial charge in [-0.2, -0.15) is 0 Å². The summed E-state index contributed by atoms with van der Waals surface area (Å²) in [6.45, 7) is 0.386. The van der Waals surface area contributed by atoms with E-state index < -0.39 is 29.4 Å². The predicted molar refractivity (Wildman–Crippen MR) is 110 cm³/mol. The molecule has 6 rings (SSSR count). The van der Waals surface area contributed by atoms with Crippen molar-refractivity contribution in [2.24, 2.45) is 5.92 Å². The third-order valence-corrected chi connectivity index (χ3v) is 7.42. The summed E-state index contributed by atoms with van der Waals surface area (Å²) in [6, 6.07) is 0.378. The van der Waals surface area contributed by atoms with Crippen LogP contribution in [-0.2, 0) is 9.59 Å². The number of amides is 2. The van der Waals surface area contributed by atoms with Crippen molar-refractivity contribution in [1.29, 1.82) is 10.8 Å². The molecule has 1 aromatic rings. The van der Waals surface area contributed by atoms with Crippen molar-refractivity contribution >= 4 is 29.7 Å². The molecule has 1 saturated carbocycles. The van der Waals surface area contributed by atoms with Crippen LogP contribution in [0.5, 0.6) is 0 Å². The molecule has 4 saturated heterocycles. The van der Waals surface area contributed by atoms with E-state index in [1.807, 2.05) is 4.90 Å². The Bertz CT molecular complexity index is 1020. The number of anilines is 1. The fourth-order valence-electron chi connectivity index (χ4n) is 5.88. The Kier molecular flexibility index (Phi) is 3.77. The van der Waals surface area contributed by atoms with E-state index in [4.69, 9.17) is 10.8 Å². The van der Waals surface area contributed by atoms with Crippen molar-refractivity contribution in [3.8, 4) is 0 Å². The lowest BCUT2D eigenvalue weighted by atomic mass is 9.80. The predicted octanol–water partition coefficient (Wildman–Crippen LogP) is -2.43. The van der Waals surface area contributed by atoms with Gasteiger partial charge in [-0.15, -0.1) is 0 Å². The molecule has 32 heavy (non-hydrogen) atoms. The highest BCUT2D eigenvalue weighted by atomic mass is 16.3. The Labute approximate surface area is 183 Å². The number of aromatic nitrogens is 2. The molecule has 5 heterocycles. The molecule has 6 atom stereocenters. The molecule has 168 valence electrons. The first-order valence-electron chi connectivity index (χ1n) is 10.7. The largest absolute Gasteiger partial charge is 0.387 e. The minimum Gasteiger partial charge on any atom is -0.387 e. The number of piperidine rings is 1. The van der Waals surface area contributed by atoms with Crippen molar-refractivity contribution in [2.45, 2.75) is 48.7 Å². The molecule has 3 unspecified atom stereocenters. The van der Waals surface area contributed by atoms with E-state index in [0.717, 1.165) is 0 Å². The number of carbonyl (C=O) groups excluding carboxylic acids is 2. The van der Waals surface area contributed by atoms with Crippen LogP contribution in [0, 0.1) is 16.7 Å². The molecule has 7 N–H and O–H groups in total. The van der Waals surface area contributed by atoms with Crippen LogP contribution < -0.4 is 21.3 Å². The Morgan fingerprint density at radius 1 is 1.19 bits per heavy atom. The second kappa shape index (κ2) is 6.28. The molecule has 2 amide bonds. The van der Waals surface area contributed by atoms with Gasteiger partial charge >= 0.3 is 0 Å². The number of hydrogen-bond donors (Lipinski definition) is 7. The summed E-state index contributed by atoms with van der Waals surface area (Å²) in [7, 11) is 0. The number of fused-ring (bicyclic) bond motifs is 1. The van der Waals surface area contributed by atoms with Gasteiger partial charge in [0.2, 0.25) is 17.8 Å². The second-order valence-corrected chi connectivity index (χ2v) is 9.07. The summed E-state index contributed by atoms with van der Waals surface area (Å²) in [5, 5.41) is 41.1. The van der Waals surface area contributed by atoms with E-state index >= 15 is 0 Å². The van der Waals surface area contributed by atoms with Crippen LogP contribution in [0.25, 0.3) is 0 Å². The summed E-state index contributed by atoms with van der Waals surface area (Å²) in [5.74, 6) is -0.134. The van der Waals surface area contributed by atoms with Gasteiger partial charge in [0.1, 0.15) is 5.66 Å². The molecule has 0 aromatic carbocycles. The summed E-state index contributed by atoms with van der Waals surface area (Å²) >= 11 is 0. The van der Waals surface area contributed by atoms with Crippen molar-refractivity contribution in [2.75, 3.05) is 18.4 Å². The lowest BCUT2D eigenvalue weighted by Gasteiger charge is -2.56. The molecule has 4 aliphatic heterocycles. The monoisotopic (exact) mass is 440 g/mol. The summed E-state index contributed by atoms with van der Waals surface area (Å²) < 4.78 is 0. The summed E-state index contributed by atoms with van der Waals surface area (Å²) in [6.07, 6.45) is 4.09. The Hall–Kier alpha value is -3.48.